The van der Waals surface area contributed by atoms with E-state index in [1.54, 1.807) is 24.3 Å². The summed E-state index contributed by atoms with van der Waals surface area (Å²) in [6.45, 7) is 6.79. The van der Waals surface area contributed by atoms with E-state index < -0.39 is 0 Å². The van der Waals surface area contributed by atoms with Crippen molar-refractivity contribution >= 4 is 22.5 Å². The maximum atomic E-state index is 13.3. The highest BCUT2D eigenvalue weighted by molar-refractivity contribution is 5.84. The number of nitrogens with zero attached hydrogens (tertiary/aromatic N) is 6. The molecule has 1 N–H and O–H groups in total. The highest BCUT2D eigenvalue weighted by atomic mass is 16.5. The van der Waals surface area contributed by atoms with Crippen LogP contribution in [0.15, 0.2) is 53.8 Å². The van der Waals surface area contributed by atoms with Crippen LogP contribution in [0.5, 0.6) is 0 Å². The molecule has 170 valence electrons. The van der Waals surface area contributed by atoms with Gasteiger partial charge in [-0.1, -0.05) is 18.2 Å². The molecule has 1 aliphatic heterocycles. The molecule has 1 unspecified atom stereocenters. The van der Waals surface area contributed by atoms with Gasteiger partial charge < -0.3 is 15.0 Å². The minimum absolute atomic E-state index is 0.0384. The zero-order valence-corrected chi connectivity index (χ0v) is 19.0. The summed E-state index contributed by atoms with van der Waals surface area (Å²) in [5, 5.41) is 12.1. The number of para-hydroxylation sites is 2. The lowest BCUT2D eigenvalue weighted by Crippen LogP contribution is -2.40. The highest BCUT2D eigenvalue weighted by Gasteiger charge is 2.21. The molecule has 0 saturated carbocycles. The molecule has 5 rings (SSSR count). The fraction of sp³-hybridized carbons (Fsp3) is 0.333. The number of nitrogens with one attached hydrogen (secondary N) is 1. The van der Waals surface area contributed by atoms with E-state index in [0.717, 1.165) is 28.0 Å². The zero-order chi connectivity index (χ0) is 22.9. The maximum Gasteiger partial charge on any atom is 0.262 e. The third-order valence-electron chi connectivity index (χ3n) is 6.06. The SMILES string of the molecule is Cc1cc(C(C)Nc2ccccc2-n2cnnc2)c2nc(N3CCOCC3)n(C)c(=O)c2c1. The summed E-state index contributed by atoms with van der Waals surface area (Å²) in [5.41, 5.74) is 4.59. The molecule has 1 aliphatic rings. The van der Waals surface area contributed by atoms with Gasteiger partial charge in [0.2, 0.25) is 5.95 Å². The van der Waals surface area contributed by atoms with Crippen LogP contribution in [0, 0.1) is 6.92 Å². The molecule has 4 aromatic rings. The first kappa shape index (κ1) is 21.1. The predicted octanol–water partition coefficient (Wildman–Crippen LogP) is 2.83. The molecule has 1 fully saturated rings. The molecular weight excluding hydrogens is 418 g/mol. The molecule has 0 amide bonds. The van der Waals surface area contributed by atoms with Gasteiger partial charge in [0.25, 0.3) is 5.56 Å². The Bertz CT molecular complexity index is 1340. The first-order valence-corrected chi connectivity index (χ1v) is 11.1. The molecule has 0 spiro atoms. The van der Waals surface area contributed by atoms with E-state index in [0.29, 0.717) is 37.6 Å². The first-order chi connectivity index (χ1) is 16.0. The van der Waals surface area contributed by atoms with Gasteiger partial charge in [-0.25, -0.2) is 4.98 Å². The number of benzene rings is 2. The predicted molar refractivity (Wildman–Crippen MR) is 128 cm³/mol. The molecule has 33 heavy (non-hydrogen) atoms. The molecule has 1 atom stereocenters. The minimum Gasteiger partial charge on any atom is -0.378 e. The molecular formula is C24H27N7O2. The lowest BCUT2D eigenvalue weighted by molar-refractivity contribution is 0.121. The third-order valence-corrected chi connectivity index (χ3v) is 6.06. The fourth-order valence-corrected chi connectivity index (χ4v) is 4.37. The first-order valence-electron chi connectivity index (χ1n) is 11.1. The van der Waals surface area contributed by atoms with Crippen LogP contribution >= 0.6 is 0 Å². The van der Waals surface area contributed by atoms with Crippen LogP contribution in [0.1, 0.15) is 24.1 Å². The van der Waals surface area contributed by atoms with Crippen LogP contribution < -0.4 is 15.8 Å². The Hall–Kier alpha value is -3.72. The Morgan fingerprint density at radius 3 is 2.58 bits per heavy atom. The maximum absolute atomic E-state index is 13.3. The summed E-state index contributed by atoms with van der Waals surface area (Å²) in [6, 6.07) is 11.9. The topological polar surface area (TPSA) is 90.1 Å². The monoisotopic (exact) mass is 445 g/mol. The molecule has 0 aliphatic carbocycles. The molecule has 0 radical (unpaired) electrons. The molecule has 2 aromatic carbocycles. The van der Waals surface area contributed by atoms with Gasteiger partial charge in [0.05, 0.1) is 41.5 Å². The zero-order valence-electron chi connectivity index (χ0n) is 19.0. The number of aryl methyl sites for hydroxylation is 1. The summed E-state index contributed by atoms with van der Waals surface area (Å²) in [4.78, 5) is 20.4. The van der Waals surface area contributed by atoms with E-state index in [2.05, 4.69) is 33.4 Å². The van der Waals surface area contributed by atoms with Gasteiger partial charge in [0.1, 0.15) is 12.7 Å². The molecule has 0 bridgehead atoms. The minimum atomic E-state index is -0.0952. The van der Waals surface area contributed by atoms with Crippen molar-refractivity contribution in [2.45, 2.75) is 19.9 Å². The van der Waals surface area contributed by atoms with E-state index in [1.807, 2.05) is 41.8 Å². The number of anilines is 2. The molecule has 9 nitrogen and oxygen atoms in total. The largest absolute Gasteiger partial charge is 0.378 e. The van der Waals surface area contributed by atoms with Crippen molar-refractivity contribution in [2.75, 3.05) is 36.5 Å². The number of hydrogen-bond donors (Lipinski definition) is 1. The van der Waals surface area contributed by atoms with Crippen molar-refractivity contribution < 1.29 is 4.74 Å². The standard InChI is InChI=1S/C24H27N7O2/c1-16-12-18(17(2)27-20-6-4-5-7-21(20)31-14-25-26-15-31)22-19(13-16)23(32)29(3)24(28-22)30-8-10-33-11-9-30/h4-7,12-15,17,27H,8-11H2,1-3H3. The van der Waals surface area contributed by atoms with Crippen molar-refractivity contribution in [1.82, 2.24) is 24.3 Å². The van der Waals surface area contributed by atoms with Gasteiger partial charge >= 0.3 is 0 Å². The smallest absolute Gasteiger partial charge is 0.262 e. The van der Waals surface area contributed by atoms with E-state index in [1.165, 1.54) is 0 Å². The molecule has 3 heterocycles. The summed E-state index contributed by atoms with van der Waals surface area (Å²) in [5.74, 6) is 0.679. The Labute approximate surface area is 191 Å². The normalized spacial score (nSPS) is 15.1. The average Bonchev–Trinajstić information content (AvgIpc) is 3.37. The number of morpholine rings is 1. The second-order valence-electron chi connectivity index (χ2n) is 8.38. The second-order valence-corrected chi connectivity index (χ2v) is 8.38. The Morgan fingerprint density at radius 2 is 1.82 bits per heavy atom. The number of aromatic nitrogens is 5. The second kappa shape index (κ2) is 8.67. The number of hydrogen-bond acceptors (Lipinski definition) is 7. The number of ether oxygens (including phenoxy) is 1. The average molecular weight is 446 g/mol. The fourth-order valence-electron chi connectivity index (χ4n) is 4.37. The van der Waals surface area contributed by atoms with Crippen LogP contribution in [0.3, 0.4) is 0 Å². The summed E-state index contributed by atoms with van der Waals surface area (Å²) < 4.78 is 9.01. The lowest BCUT2D eigenvalue weighted by atomic mass is 10.0. The molecule has 2 aromatic heterocycles. The summed E-state index contributed by atoms with van der Waals surface area (Å²) >= 11 is 0. The van der Waals surface area contributed by atoms with Gasteiger partial charge in [-0.2, -0.15) is 0 Å². The van der Waals surface area contributed by atoms with Crippen LogP contribution in [0.4, 0.5) is 11.6 Å². The van der Waals surface area contributed by atoms with Gasteiger partial charge in [-0.3, -0.25) is 13.9 Å². The van der Waals surface area contributed by atoms with Gasteiger partial charge in [0.15, 0.2) is 0 Å². The van der Waals surface area contributed by atoms with Crippen molar-refractivity contribution in [1.29, 1.82) is 0 Å². The van der Waals surface area contributed by atoms with Crippen molar-refractivity contribution in [3.63, 3.8) is 0 Å². The van der Waals surface area contributed by atoms with E-state index in [-0.39, 0.29) is 11.6 Å². The Kier molecular flexibility index (Phi) is 5.55. The van der Waals surface area contributed by atoms with Crippen LogP contribution in [-0.2, 0) is 11.8 Å². The van der Waals surface area contributed by atoms with Gasteiger partial charge in [-0.05, 0) is 37.6 Å². The van der Waals surface area contributed by atoms with E-state index >= 15 is 0 Å². The van der Waals surface area contributed by atoms with Crippen LogP contribution in [0.25, 0.3) is 16.6 Å². The Balaban J connectivity index is 1.59. The molecule has 1 saturated heterocycles. The molecule has 9 heteroatoms. The number of fused-ring (bicyclic) bond motifs is 1. The quantitative estimate of drug-likeness (QED) is 0.505. The summed E-state index contributed by atoms with van der Waals surface area (Å²) in [7, 11) is 1.79. The van der Waals surface area contributed by atoms with Crippen molar-refractivity contribution in [2.24, 2.45) is 7.05 Å². The van der Waals surface area contributed by atoms with Crippen LogP contribution in [0.2, 0.25) is 0 Å². The van der Waals surface area contributed by atoms with Crippen molar-refractivity contribution in [3.8, 4) is 5.69 Å². The van der Waals surface area contributed by atoms with E-state index in [4.69, 9.17) is 9.72 Å². The van der Waals surface area contributed by atoms with Gasteiger partial charge in [0, 0.05) is 25.7 Å². The lowest BCUT2D eigenvalue weighted by Gasteiger charge is -2.29. The summed E-state index contributed by atoms with van der Waals surface area (Å²) in [6.07, 6.45) is 3.35. The third kappa shape index (κ3) is 3.95. The van der Waals surface area contributed by atoms with Crippen LogP contribution in [-0.4, -0.2) is 50.6 Å². The Morgan fingerprint density at radius 1 is 1.09 bits per heavy atom. The van der Waals surface area contributed by atoms with Crippen molar-refractivity contribution in [3.05, 3.63) is 70.5 Å². The van der Waals surface area contributed by atoms with Gasteiger partial charge in [-0.15, -0.1) is 10.2 Å². The van der Waals surface area contributed by atoms with E-state index in [9.17, 15) is 4.79 Å². The highest BCUT2D eigenvalue weighted by Crippen LogP contribution is 2.29. The number of rotatable bonds is 5.